The number of aliphatic hydroxyl groups excluding tert-OH is 1. The molecule has 2 aromatic rings. The van der Waals surface area contributed by atoms with E-state index >= 15 is 0 Å². The third-order valence-corrected chi connectivity index (χ3v) is 2.97. The summed E-state index contributed by atoms with van der Waals surface area (Å²) in [4.78, 5) is 11.8. The van der Waals surface area contributed by atoms with Gasteiger partial charge in [0.05, 0.1) is 12.3 Å². The Kier molecular flexibility index (Phi) is 4.70. The molecule has 0 saturated heterocycles. The first-order valence-electron chi connectivity index (χ1n) is 6.22. The molecular weight excluding hydrogens is 280 g/mol. The fraction of sp³-hybridized carbons (Fsp3) is 0.308. The Hall–Kier alpha value is -1.92. The van der Waals surface area contributed by atoms with Crippen LogP contribution in [0.15, 0.2) is 30.5 Å². The van der Waals surface area contributed by atoms with Gasteiger partial charge in [0.25, 0.3) is 0 Å². The fourth-order valence-electron chi connectivity index (χ4n) is 1.63. The van der Waals surface area contributed by atoms with E-state index in [1.54, 1.807) is 30.5 Å². The molecule has 1 amide bonds. The largest absolute Gasteiger partial charge is 0.387 e. The van der Waals surface area contributed by atoms with Crippen LogP contribution in [0.1, 0.15) is 25.1 Å². The number of halogens is 1. The third-order valence-electron chi connectivity index (χ3n) is 2.72. The van der Waals surface area contributed by atoms with Gasteiger partial charge < -0.3 is 10.4 Å². The number of carbonyl (C=O) groups excluding carboxylic acids is 1. The van der Waals surface area contributed by atoms with Crippen molar-refractivity contribution in [1.29, 1.82) is 0 Å². The highest BCUT2D eigenvalue weighted by molar-refractivity contribution is 6.30. The number of rotatable bonds is 5. The van der Waals surface area contributed by atoms with Crippen LogP contribution >= 0.6 is 11.6 Å². The SMILES string of the molecule is CCC(O)c1cn(CC(=O)Nc2ccc(Cl)cc2)nn1. The normalized spacial score (nSPS) is 12.2. The number of nitrogens with zero attached hydrogens (tertiary/aromatic N) is 3. The first-order valence-corrected chi connectivity index (χ1v) is 6.59. The summed E-state index contributed by atoms with van der Waals surface area (Å²) < 4.78 is 1.39. The van der Waals surface area contributed by atoms with Crippen LogP contribution in [0.3, 0.4) is 0 Å². The fourth-order valence-corrected chi connectivity index (χ4v) is 1.76. The van der Waals surface area contributed by atoms with E-state index < -0.39 is 6.10 Å². The van der Waals surface area contributed by atoms with Crippen molar-refractivity contribution in [3.05, 3.63) is 41.2 Å². The van der Waals surface area contributed by atoms with Crippen molar-refractivity contribution in [2.24, 2.45) is 0 Å². The van der Waals surface area contributed by atoms with E-state index in [0.29, 0.717) is 22.8 Å². The first-order chi connectivity index (χ1) is 9.58. The number of nitrogens with one attached hydrogen (secondary N) is 1. The van der Waals surface area contributed by atoms with E-state index in [2.05, 4.69) is 15.6 Å². The highest BCUT2D eigenvalue weighted by atomic mass is 35.5. The van der Waals surface area contributed by atoms with Gasteiger partial charge in [-0.05, 0) is 30.7 Å². The molecule has 20 heavy (non-hydrogen) atoms. The molecule has 1 heterocycles. The average molecular weight is 295 g/mol. The van der Waals surface area contributed by atoms with Crippen LogP contribution in [-0.2, 0) is 11.3 Å². The van der Waals surface area contributed by atoms with Gasteiger partial charge in [0.15, 0.2) is 0 Å². The minimum absolute atomic E-state index is 0.0338. The summed E-state index contributed by atoms with van der Waals surface area (Å²) >= 11 is 5.77. The molecule has 1 aromatic heterocycles. The summed E-state index contributed by atoms with van der Waals surface area (Å²) in [7, 11) is 0. The molecular formula is C13H15ClN4O2. The molecule has 0 aliphatic heterocycles. The first kappa shape index (κ1) is 14.5. The van der Waals surface area contributed by atoms with E-state index in [9.17, 15) is 9.90 Å². The van der Waals surface area contributed by atoms with Crippen molar-refractivity contribution in [3.63, 3.8) is 0 Å². The molecule has 0 spiro atoms. The second kappa shape index (κ2) is 6.49. The van der Waals surface area contributed by atoms with Gasteiger partial charge in [0.2, 0.25) is 5.91 Å². The standard InChI is InChI=1S/C13H15ClN4O2/c1-2-12(19)11-7-18(17-16-11)8-13(20)15-10-5-3-9(14)4-6-10/h3-7,12,19H,2,8H2,1H3,(H,15,20). The third kappa shape index (κ3) is 3.79. The zero-order chi connectivity index (χ0) is 14.5. The lowest BCUT2D eigenvalue weighted by molar-refractivity contribution is -0.116. The Morgan fingerprint density at radius 2 is 2.15 bits per heavy atom. The van der Waals surface area contributed by atoms with Crippen LogP contribution in [-0.4, -0.2) is 26.0 Å². The topological polar surface area (TPSA) is 80.0 Å². The number of anilines is 1. The number of aromatic nitrogens is 3. The summed E-state index contributed by atoms with van der Waals surface area (Å²) in [5.41, 5.74) is 1.13. The van der Waals surface area contributed by atoms with Crippen molar-refractivity contribution in [2.45, 2.75) is 26.0 Å². The molecule has 2 N–H and O–H groups in total. The molecule has 6 nitrogen and oxygen atoms in total. The van der Waals surface area contributed by atoms with Gasteiger partial charge in [-0.1, -0.05) is 23.7 Å². The number of amides is 1. The maximum absolute atomic E-state index is 11.8. The van der Waals surface area contributed by atoms with Crippen LogP contribution < -0.4 is 5.32 Å². The lowest BCUT2D eigenvalue weighted by Crippen LogP contribution is -2.19. The molecule has 0 fully saturated rings. The van der Waals surface area contributed by atoms with Crippen molar-refractivity contribution < 1.29 is 9.90 Å². The molecule has 0 radical (unpaired) electrons. The molecule has 7 heteroatoms. The zero-order valence-electron chi connectivity index (χ0n) is 11.0. The van der Waals surface area contributed by atoms with Gasteiger partial charge in [-0.25, -0.2) is 4.68 Å². The van der Waals surface area contributed by atoms with E-state index in [4.69, 9.17) is 11.6 Å². The Morgan fingerprint density at radius 3 is 2.80 bits per heavy atom. The molecule has 1 unspecified atom stereocenters. The van der Waals surface area contributed by atoms with E-state index in [1.807, 2.05) is 6.92 Å². The van der Waals surface area contributed by atoms with Crippen molar-refractivity contribution >= 4 is 23.2 Å². The van der Waals surface area contributed by atoms with Gasteiger partial charge in [-0.15, -0.1) is 5.10 Å². The highest BCUT2D eigenvalue weighted by Crippen LogP contribution is 2.14. The highest BCUT2D eigenvalue weighted by Gasteiger charge is 2.11. The molecule has 0 aliphatic carbocycles. The van der Waals surface area contributed by atoms with Gasteiger partial charge in [-0.2, -0.15) is 0 Å². The van der Waals surface area contributed by atoms with Crippen molar-refractivity contribution in [3.8, 4) is 0 Å². The van der Waals surface area contributed by atoms with Crippen LogP contribution in [0.4, 0.5) is 5.69 Å². The molecule has 2 rings (SSSR count). The number of aliphatic hydroxyl groups is 1. The minimum Gasteiger partial charge on any atom is -0.387 e. The number of benzene rings is 1. The summed E-state index contributed by atoms with van der Waals surface area (Å²) in [5.74, 6) is -0.227. The molecule has 0 bridgehead atoms. The van der Waals surface area contributed by atoms with Gasteiger partial charge in [0.1, 0.15) is 12.2 Å². The predicted octanol–water partition coefficient (Wildman–Crippen LogP) is 2.01. The van der Waals surface area contributed by atoms with E-state index in [-0.39, 0.29) is 12.5 Å². The quantitative estimate of drug-likeness (QED) is 0.884. The molecule has 106 valence electrons. The second-order valence-electron chi connectivity index (χ2n) is 4.32. The van der Waals surface area contributed by atoms with Crippen LogP contribution in [0.2, 0.25) is 5.02 Å². The summed E-state index contributed by atoms with van der Waals surface area (Å²) in [6.07, 6.45) is 1.47. The number of hydrogen-bond acceptors (Lipinski definition) is 4. The molecule has 0 aliphatic rings. The Morgan fingerprint density at radius 1 is 1.45 bits per heavy atom. The second-order valence-corrected chi connectivity index (χ2v) is 4.76. The summed E-state index contributed by atoms with van der Waals surface area (Å²) in [6, 6.07) is 6.83. The van der Waals surface area contributed by atoms with Gasteiger partial charge in [-0.3, -0.25) is 4.79 Å². The van der Waals surface area contributed by atoms with E-state index in [0.717, 1.165) is 0 Å². The Labute approximate surface area is 121 Å². The molecule has 1 atom stereocenters. The lowest BCUT2D eigenvalue weighted by atomic mass is 10.2. The number of carbonyl (C=O) groups is 1. The monoisotopic (exact) mass is 294 g/mol. The van der Waals surface area contributed by atoms with Gasteiger partial charge >= 0.3 is 0 Å². The predicted molar refractivity (Wildman–Crippen MR) is 75.4 cm³/mol. The smallest absolute Gasteiger partial charge is 0.246 e. The maximum Gasteiger partial charge on any atom is 0.246 e. The van der Waals surface area contributed by atoms with Gasteiger partial charge in [0, 0.05) is 10.7 Å². The van der Waals surface area contributed by atoms with Crippen LogP contribution in [0.25, 0.3) is 0 Å². The molecule has 1 aromatic carbocycles. The Balaban J connectivity index is 1.94. The average Bonchev–Trinajstić information content (AvgIpc) is 2.89. The van der Waals surface area contributed by atoms with Crippen molar-refractivity contribution in [1.82, 2.24) is 15.0 Å². The zero-order valence-corrected chi connectivity index (χ0v) is 11.7. The van der Waals surface area contributed by atoms with Crippen LogP contribution in [0.5, 0.6) is 0 Å². The Bertz CT molecular complexity index is 582. The van der Waals surface area contributed by atoms with Crippen LogP contribution in [0, 0.1) is 0 Å². The maximum atomic E-state index is 11.8. The lowest BCUT2D eigenvalue weighted by Gasteiger charge is -2.05. The van der Waals surface area contributed by atoms with Crippen molar-refractivity contribution in [2.75, 3.05) is 5.32 Å². The minimum atomic E-state index is -0.650. The summed E-state index contributed by atoms with van der Waals surface area (Å²) in [5, 5.41) is 20.6. The van der Waals surface area contributed by atoms with E-state index in [1.165, 1.54) is 4.68 Å². The molecule has 0 saturated carbocycles. The number of hydrogen-bond donors (Lipinski definition) is 2. The summed E-state index contributed by atoms with van der Waals surface area (Å²) in [6.45, 7) is 1.88.